The summed E-state index contributed by atoms with van der Waals surface area (Å²) in [6, 6.07) is 0. The Morgan fingerprint density at radius 2 is 1.08 bits per heavy atom. The zero-order chi connectivity index (χ0) is 16.6. The van der Waals surface area contributed by atoms with Crippen LogP contribution in [0.25, 0.3) is 0 Å². The molecular formula is C23H28Cl2. The number of alkyl halides is 2. The van der Waals surface area contributed by atoms with Crippen LogP contribution in [0.3, 0.4) is 0 Å². The van der Waals surface area contributed by atoms with Crippen LogP contribution in [0, 0.1) is 52.8 Å². The molecule has 25 heavy (non-hydrogen) atoms. The molecule has 9 saturated carbocycles. The molecule has 0 nitrogen and oxygen atoms in total. The second-order valence-electron chi connectivity index (χ2n) is 11.0. The van der Waals surface area contributed by atoms with Gasteiger partial charge in [-0.2, -0.15) is 0 Å². The number of hydrogen-bond acceptors (Lipinski definition) is 0. The van der Waals surface area contributed by atoms with E-state index in [1.54, 1.807) is 5.57 Å². The third kappa shape index (κ3) is 1.70. The largest absolute Gasteiger partial charge is 0.157 e. The molecule has 0 aromatic carbocycles. The quantitative estimate of drug-likeness (QED) is 0.334. The van der Waals surface area contributed by atoms with Crippen LogP contribution in [0.4, 0.5) is 0 Å². The van der Waals surface area contributed by atoms with Gasteiger partial charge >= 0.3 is 0 Å². The van der Waals surface area contributed by atoms with E-state index in [0.717, 1.165) is 47.3 Å². The third-order valence-corrected chi connectivity index (χ3v) is 10.9. The molecule has 0 aromatic heterocycles. The van der Waals surface area contributed by atoms with Crippen LogP contribution in [0.2, 0.25) is 0 Å². The van der Waals surface area contributed by atoms with Gasteiger partial charge in [-0.15, -0.1) is 5.73 Å². The van der Waals surface area contributed by atoms with Gasteiger partial charge in [-0.05, 0) is 117 Å². The molecule has 9 aliphatic carbocycles. The Labute approximate surface area is 161 Å². The SMILES string of the molecule is ClC1(Cl)C(=C=C2C3CC4CC(C3)CC2C4)C12C1CC3CC(C1)CC2C3. The van der Waals surface area contributed by atoms with E-state index in [-0.39, 0.29) is 5.41 Å². The summed E-state index contributed by atoms with van der Waals surface area (Å²) in [7, 11) is 0. The maximum Gasteiger partial charge on any atom is 0.157 e. The highest BCUT2D eigenvalue weighted by Gasteiger charge is 2.80. The molecule has 0 radical (unpaired) electrons. The van der Waals surface area contributed by atoms with E-state index in [4.69, 9.17) is 23.2 Å². The van der Waals surface area contributed by atoms with Crippen molar-refractivity contribution in [1.29, 1.82) is 0 Å². The number of rotatable bonds is 0. The summed E-state index contributed by atoms with van der Waals surface area (Å²) >= 11 is 14.1. The van der Waals surface area contributed by atoms with Crippen LogP contribution in [0.5, 0.6) is 0 Å². The van der Waals surface area contributed by atoms with Crippen molar-refractivity contribution in [1.82, 2.24) is 0 Å². The van der Waals surface area contributed by atoms with Gasteiger partial charge in [-0.3, -0.25) is 0 Å². The molecule has 0 aliphatic heterocycles. The summed E-state index contributed by atoms with van der Waals surface area (Å²) in [5.41, 5.74) is 7.17. The number of hydrogen-bond donors (Lipinski definition) is 0. The minimum Gasteiger partial charge on any atom is -0.118 e. The van der Waals surface area contributed by atoms with E-state index >= 15 is 0 Å². The first kappa shape index (κ1) is 15.1. The lowest BCUT2D eigenvalue weighted by molar-refractivity contribution is -0.0462. The molecule has 0 atom stereocenters. The standard InChI is InChI=1S/C23H28Cl2/c24-23(25)21(11-20-16-3-12-1-13(5-16)6-17(20)4-12)22(23)18-7-14-2-15(9-18)10-19(22)8-14/h12-19H,1-10H2. The number of allylic oxidation sites excluding steroid dienone is 1. The summed E-state index contributed by atoms with van der Waals surface area (Å²) in [5.74, 6) is 7.16. The maximum atomic E-state index is 7.07. The monoisotopic (exact) mass is 374 g/mol. The molecule has 9 aliphatic rings. The van der Waals surface area contributed by atoms with Crippen LogP contribution < -0.4 is 0 Å². The molecule has 9 rings (SSSR count). The molecule has 9 fully saturated rings. The van der Waals surface area contributed by atoms with Crippen LogP contribution in [-0.4, -0.2) is 4.33 Å². The summed E-state index contributed by atoms with van der Waals surface area (Å²) in [4.78, 5) is 0. The summed E-state index contributed by atoms with van der Waals surface area (Å²) in [6.45, 7) is 0. The van der Waals surface area contributed by atoms with E-state index in [1.807, 2.05) is 0 Å². The van der Waals surface area contributed by atoms with E-state index in [0.29, 0.717) is 0 Å². The summed E-state index contributed by atoms with van der Waals surface area (Å²) in [5, 5.41) is 0. The Kier molecular flexibility index (Phi) is 2.75. The highest BCUT2D eigenvalue weighted by molar-refractivity contribution is 6.55. The fraction of sp³-hybridized carbons (Fsp3) is 0.870. The lowest BCUT2D eigenvalue weighted by atomic mass is 9.49. The van der Waals surface area contributed by atoms with Crippen molar-refractivity contribution in [2.24, 2.45) is 52.8 Å². The fourth-order valence-electron chi connectivity index (χ4n) is 9.45. The molecule has 134 valence electrons. The molecule has 2 heteroatoms. The Morgan fingerprint density at radius 3 is 1.56 bits per heavy atom. The molecule has 0 amide bonds. The van der Waals surface area contributed by atoms with Crippen LogP contribution in [0.15, 0.2) is 16.9 Å². The predicted octanol–water partition coefficient (Wildman–Crippen LogP) is 6.52. The second kappa shape index (κ2) is 4.56. The smallest absolute Gasteiger partial charge is 0.118 e. The molecule has 0 N–H and O–H groups in total. The molecule has 0 heterocycles. The van der Waals surface area contributed by atoms with E-state index in [2.05, 4.69) is 5.73 Å². The van der Waals surface area contributed by atoms with Gasteiger partial charge in [-0.1, -0.05) is 23.2 Å². The van der Waals surface area contributed by atoms with Gasteiger partial charge in [0.15, 0.2) is 4.33 Å². The second-order valence-corrected chi connectivity index (χ2v) is 12.3. The van der Waals surface area contributed by atoms with Gasteiger partial charge in [0.25, 0.3) is 0 Å². The van der Waals surface area contributed by atoms with Gasteiger partial charge in [0.1, 0.15) is 0 Å². The Bertz CT molecular complexity index is 664. The summed E-state index contributed by atoms with van der Waals surface area (Å²) in [6.07, 6.45) is 14.3. The highest BCUT2D eigenvalue weighted by Crippen LogP contribution is 2.83. The average molecular weight is 375 g/mol. The number of halogens is 2. The molecule has 0 aromatic rings. The molecule has 0 saturated heterocycles. The minimum atomic E-state index is -0.586. The van der Waals surface area contributed by atoms with Gasteiger partial charge in [0.2, 0.25) is 0 Å². The van der Waals surface area contributed by atoms with E-state index < -0.39 is 4.33 Å². The van der Waals surface area contributed by atoms with Gasteiger partial charge in [0, 0.05) is 11.0 Å². The fourth-order valence-corrected chi connectivity index (χ4v) is 10.6. The first-order valence-electron chi connectivity index (χ1n) is 10.9. The maximum absolute atomic E-state index is 7.07. The van der Waals surface area contributed by atoms with Crippen LogP contribution in [-0.2, 0) is 0 Å². The van der Waals surface area contributed by atoms with Crippen molar-refractivity contribution in [2.45, 2.75) is 68.5 Å². The van der Waals surface area contributed by atoms with Crippen molar-refractivity contribution >= 4 is 23.2 Å². The molecule has 0 unspecified atom stereocenters. The van der Waals surface area contributed by atoms with Crippen molar-refractivity contribution in [3.63, 3.8) is 0 Å². The zero-order valence-corrected chi connectivity index (χ0v) is 16.5. The van der Waals surface area contributed by atoms with Crippen LogP contribution in [0.1, 0.15) is 64.2 Å². The lowest BCUT2D eigenvalue weighted by Crippen LogP contribution is -2.48. The molecular weight excluding hydrogens is 347 g/mol. The highest BCUT2D eigenvalue weighted by atomic mass is 35.5. The van der Waals surface area contributed by atoms with E-state index in [1.165, 1.54) is 69.8 Å². The van der Waals surface area contributed by atoms with Crippen molar-refractivity contribution in [3.05, 3.63) is 16.9 Å². The molecule has 8 bridgehead atoms. The predicted molar refractivity (Wildman–Crippen MR) is 101 cm³/mol. The Hall–Kier alpha value is 0.1000. The van der Waals surface area contributed by atoms with Crippen molar-refractivity contribution in [3.8, 4) is 0 Å². The third-order valence-electron chi connectivity index (χ3n) is 9.90. The summed E-state index contributed by atoms with van der Waals surface area (Å²) < 4.78 is -0.586. The van der Waals surface area contributed by atoms with Gasteiger partial charge < -0.3 is 0 Å². The Balaban J connectivity index is 1.35. The average Bonchev–Trinajstić information content (AvgIpc) is 3.03. The van der Waals surface area contributed by atoms with Gasteiger partial charge in [0.05, 0.1) is 0 Å². The lowest BCUT2D eigenvalue weighted by Gasteiger charge is -2.55. The topological polar surface area (TPSA) is 0 Å². The Morgan fingerprint density at radius 1 is 0.640 bits per heavy atom. The van der Waals surface area contributed by atoms with E-state index in [9.17, 15) is 0 Å². The van der Waals surface area contributed by atoms with Crippen LogP contribution >= 0.6 is 23.2 Å². The first-order chi connectivity index (χ1) is 12.1. The zero-order valence-electron chi connectivity index (χ0n) is 14.9. The normalized spacial score (nSPS) is 59.0. The van der Waals surface area contributed by atoms with Gasteiger partial charge in [-0.25, -0.2) is 0 Å². The van der Waals surface area contributed by atoms with Crippen molar-refractivity contribution in [2.75, 3.05) is 0 Å². The molecule has 1 spiro atoms. The minimum absolute atomic E-state index is 0.130. The van der Waals surface area contributed by atoms with Crippen molar-refractivity contribution < 1.29 is 0 Å². The first-order valence-corrected chi connectivity index (χ1v) is 11.7.